The van der Waals surface area contributed by atoms with E-state index in [0.717, 1.165) is 22.4 Å². The molecule has 0 bridgehead atoms. The van der Waals surface area contributed by atoms with Crippen molar-refractivity contribution in [3.8, 4) is 11.5 Å². The predicted octanol–water partition coefficient (Wildman–Crippen LogP) is 5.94. The molecule has 0 radical (unpaired) electrons. The van der Waals surface area contributed by atoms with Crippen molar-refractivity contribution in [2.24, 2.45) is 5.10 Å². The number of nitrogens with one attached hydrogen (secondary N) is 1. The Morgan fingerprint density at radius 1 is 1.03 bits per heavy atom. The van der Waals surface area contributed by atoms with Gasteiger partial charge in [0.15, 0.2) is 0 Å². The minimum atomic E-state index is -0.735. The average Bonchev–Trinajstić information content (AvgIpc) is 2.83. The molecule has 3 aromatic carbocycles. The Morgan fingerprint density at radius 2 is 1.71 bits per heavy atom. The van der Waals surface area contributed by atoms with Gasteiger partial charge in [-0.3, -0.25) is 4.79 Å². The van der Waals surface area contributed by atoms with E-state index in [1.807, 2.05) is 25.1 Å². The lowest BCUT2D eigenvalue weighted by atomic mass is 10.0. The fourth-order valence-corrected chi connectivity index (χ4v) is 3.54. The standard InChI is InChI=1S/C26H26Cl2N2O4/c1-2-33-22-11-6-19(7-12-22)25(31)13-14-26(32)30-29-16-18-3-9-23(10-4-18)34-17-20-5-8-21(27)15-24(20)28/h3-12,15-16,25,31H,2,13-14,17H2,1H3,(H,30,32)/b29-16-/t25-/m0/s1. The van der Waals surface area contributed by atoms with Crippen LogP contribution in [0.25, 0.3) is 0 Å². The predicted molar refractivity (Wildman–Crippen MR) is 135 cm³/mol. The van der Waals surface area contributed by atoms with Crippen LogP contribution in [0.3, 0.4) is 0 Å². The number of hydrogen-bond donors (Lipinski definition) is 2. The Hall–Kier alpha value is -3.06. The molecule has 0 saturated heterocycles. The molecule has 0 saturated carbocycles. The van der Waals surface area contributed by atoms with Gasteiger partial charge in [-0.25, -0.2) is 5.43 Å². The van der Waals surface area contributed by atoms with Gasteiger partial charge in [-0.1, -0.05) is 41.4 Å². The molecular weight excluding hydrogens is 475 g/mol. The number of ether oxygens (including phenoxy) is 2. The maximum absolute atomic E-state index is 12.0. The van der Waals surface area contributed by atoms with Crippen LogP contribution in [0, 0.1) is 0 Å². The van der Waals surface area contributed by atoms with Gasteiger partial charge in [0.2, 0.25) is 5.91 Å². The molecule has 0 aliphatic rings. The first-order valence-corrected chi connectivity index (χ1v) is 11.6. The second kappa shape index (κ2) is 13.0. The van der Waals surface area contributed by atoms with Gasteiger partial charge in [0.1, 0.15) is 18.1 Å². The molecule has 3 rings (SSSR count). The molecule has 0 aliphatic carbocycles. The minimum absolute atomic E-state index is 0.145. The molecular formula is C26H26Cl2N2O4. The van der Waals surface area contributed by atoms with Crippen LogP contribution in [0.15, 0.2) is 71.8 Å². The zero-order valence-corrected chi connectivity index (χ0v) is 20.2. The number of hydrazone groups is 1. The topological polar surface area (TPSA) is 80.2 Å². The number of carbonyl (C=O) groups is 1. The molecule has 8 heteroatoms. The molecule has 178 valence electrons. The van der Waals surface area contributed by atoms with Gasteiger partial charge in [0.05, 0.1) is 18.9 Å². The monoisotopic (exact) mass is 500 g/mol. The van der Waals surface area contributed by atoms with Crippen molar-refractivity contribution < 1.29 is 19.4 Å². The molecule has 6 nitrogen and oxygen atoms in total. The van der Waals surface area contributed by atoms with Gasteiger partial charge < -0.3 is 14.6 Å². The normalized spacial score (nSPS) is 11.9. The number of hydrogen-bond acceptors (Lipinski definition) is 5. The molecule has 1 amide bonds. The highest BCUT2D eigenvalue weighted by molar-refractivity contribution is 6.35. The molecule has 1 atom stereocenters. The Balaban J connectivity index is 1.40. The van der Waals surface area contributed by atoms with E-state index in [-0.39, 0.29) is 12.3 Å². The number of aliphatic hydroxyl groups is 1. The lowest BCUT2D eigenvalue weighted by Crippen LogP contribution is -2.18. The zero-order valence-electron chi connectivity index (χ0n) is 18.7. The first kappa shape index (κ1) is 25.6. The molecule has 0 aliphatic heterocycles. The van der Waals surface area contributed by atoms with Crippen LogP contribution >= 0.6 is 23.2 Å². The SMILES string of the molecule is CCOc1ccc([C@@H](O)CCC(=O)N/N=C\c2ccc(OCc3ccc(Cl)cc3Cl)cc2)cc1. The molecule has 0 unspecified atom stereocenters. The molecule has 3 aromatic rings. The van der Waals surface area contributed by atoms with E-state index in [1.165, 1.54) is 0 Å². The quantitative estimate of drug-likeness (QED) is 0.252. The van der Waals surface area contributed by atoms with Crippen molar-refractivity contribution in [2.75, 3.05) is 6.61 Å². The van der Waals surface area contributed by atoms with E-state index in [1.54, 1.807) is 54.7 Å². The highest BCUT2D eigenvalue weighted by Crippen LogP contribution is 2.23. The first-order chi connectivity index (χ1) is 16.4. The summed E-state index contributed by atoms with van der Waals surface area (Å²) in [6.45, 7) is 2.82. The van der Waals surface area contributed by atoms with Crippen molar-refractivity contribution in [1.29, 1.82) is 0 Å². The third kappa shape index (κ3) is 8.06. The summed E-state index contributed by atoms with van der Waals surface area (Å²) in [5.41, 5.74) is 4.85. The lowest BCUT2D eigenvalue weighted by Gasteiger charge is -2.11. The van der Waals surface area contributed by atoms with E-state index in [9.17, 15) is 9.90 Å². The van der Waals surface area contributed by atoms with Gasteiger partial charge >= 0.3 is 0 Å². The first-order valence-electron chi connectivity index (χ1n) is 10.8. The number of halogens is 2. The minimum Gasteiger partial charge on any atom is -0.494 e. The Labute approximate surface area is 209 Å². The van der Waals surface area contributed by atoms with E-state index in [4.69, 9.17) is 32.7 Å². The number of carbonyl (C=O) groups excluding carboxylic acids is 1. The van der Waals surface area contributed by atoms with Gasteiger partial charge in [0, 0.05) is 22.0 Å². The van der Waals surface area contributed by atoms with Crippen LogP contribution in [0.5, 0.6) is 11.5 Å². The summed E-state index contributed by atoms with van der Waals surface area (Å²) in [6.07, 6.45) is 1.24. The van der Waals surface area contributed by atoms with Crippen LogP contribution in [-0.2, 0) is 11.4 Å². The summed E-state index contributed by atoms with van der Waals surface area (Å²) in [6, 6.07) is 19.7. The number of amides is 1. The average molecular weight is 501 g/mol. The van der Waals surface area contributed by atoms with Crippen LogP contribution < -0.4 is 14.9 Å². The molecule has 0 spiro atoms. The second-order valence-corrected chi connectivity index (χ2v) is 8.29. The summed E-state index contributed by atoms with van der Waals surface area (Å²) in [4.78, 5) is 12.0. The van der Waals surface area contributed by atoms with E-state index < -0.39 is 6.10 Å². The molecule has 34 heavy (non-hydrogen) atoms. The van der Waals surface area contributed by atoms with Gasteiger partial charge in [-0.05, 0) is 73.0 Å². The molecule has 0 aromatic heterocycles. The zero-order chi connectivity index (χ0) is 24.3. The maximum atomic E-state index is 12.0. The Bertz CT molecular complexity index is 1100. The van der Waals surface area contributed by atoms with Crippen molar-refractivity contribution in [1.82, 2.24) is 5.43 Å². The maximum Gasteiger partial charge on any atom is 0.240 e. The van der Waals surface area contributed by atoms with Gasteiger partial charge in [-0.15, -0.1) is 0 Å². The molecule has 0 heterocycles. The van der Waals surface area contributed by atoms with Crippen LogP contribution in [0.2, 0.25) is 10.0 Å². The van der Waals surface area contributed by atoms with Crippen LogP contribution in [-0.4, -0.2) is 23.8 Å². The Morgan fingerprint density at radius 3 is 2.38 bits per heavy atom. The number of nitrogens with zero attached hydrogens (tertiary/aromatic N) is 1. The van der Waals surface area contributed by atoms with Crippen LogP contribution in [0.4, 0.5) is 0 Å². The van der Waals surface area contributed by atoms with Crippen molar-refractivity contribution in [2.45, 2.75) is 32.5 Å². The third-order valence-electron chi connectivity index (χ3n) is 4.91. The fraction of sp³-hybridized carbons (Fsp3) is 0.231. The number of aliphatic hydroxyl groups excluding tert-OH is 1. The Kier molecular flexibility index (Phi) is 9.76. The van der Waals surface area contributed by atoms with Crippen molar-refractivity contribution >= 4 is 35.3 Å². The summed E-state index contributed by atoms with van der Waals surface area (Å²) < 4.78 is 11.1. The van der Waals surface area contributed by atoms with Gasteiger partial charge in [-0.2, -0.15) is 5.10 Å². The number of benzene rings is 3. The fourth-order valence-electron chi connectivity index (χ4n) is 3.07. The second-order valence-electron chi connectivity index (χ2n) is 7.44. The summed E-state index contributed by atoms with van der Waals surface area (Å²) in [7, 11) is 0. The molecule has 0 fully saturated rings. The third-order valence-corrected chi connectivity index (χ3v) is 5.50. The summed E-state index contributed by atoms with van der Waals surface area (Å²) in [5, 5.41) is 15.4. The smallest absolute Gasteiger partial charge is 0.240 e. The lowest BCUT2D eigenvalue weighted by molar-refractivity contribution is -0.121. The summed E-state index contributed by atoms with van der Waals surface area (Å²) in [5.74, 6) is 1.15. The van der Waals surface area contributed by atoms with Crippen molar-refractivity contribution in [3.05, 3.63) is 93.5 Å². The largest absolute Gasteiger partial charge is 0.494 e. The molecule has 2 N–H and O–H groups in total. The van der Waals surface area contributed by atoms with E-state index >= 15 is 0 Å². The van der Waals surface area contributed by atoms with E-state index in [2.05, 4.69) is 10.5 Å². The van der Waals surface area contributed by atoms with Crippen LogP contribution in [0.1, 0.15) is 42.6 Å². The number of rotatable bonds is 11. The highest BCUT2D eigenvalue weighted by atomic mass is 35.5. The summed E-state index contributed by atoms with van der Waals surface area (Å²) >= 11 is 12.1. The van der Waals surface area contributed by atoms with E-state index in [0.29, 0.717) is 35.4 Å². The van der Waals surface area contributed by atoms with Crippen molar-refractivity contribution in [3.63, 3.8) is 0 Å². The highest BCUT2D eigenvalue weighted by Gasteiger charge is 2.10. The van der Waals surface area contributed by atoms with Gasteiger partial charge in [0.25, 0.3) is 0 Å².